The molecule has 5 rings (SSSR count). The summed E-state index contributed by atoms with van der Waals surface area (Å²) in [4.78, 5) is 146. The first-order chi connectivity index (χ1) is 36.7. The number of carboxylic acids is 2. The van der Waals surface area contributed by atoms with E-state index in [4.69, 9.17) is 17.2 Å². The number of nitrogens with two attached hydrogens (primary N) is 3. The van der Waals surface area contributed by atoms with E-state index >= 15 is 4.79 Å². The minimum atomic E-state index is -1.97. The van der Waals surface area contributed by atoms with Gasteiger partial charge in [-0.25, -0.2) is 0 Å². The topological polar surface area (TPSA) is 401 Å². The standard InChI is InChI=1S/C53H69N11O13/c1-29(2)45-53(77)64(52(76)35(56)26-43(66)67)42(16-10-22-55)51(75)62-39(23-30-11-4-3-5-12-30)48(72)60-40(25-32-28-57-36-14-7-6-13-34(32)36)49(73)58-37(15-8-9-21-54)46(70)59-38(24-31-17-19-33(65)20-18-31)47(71)61-41(27-44(68)69)50(74)63-45/h3-7,11-14,17-20,28-29,35,37-42,45,57,65H,8-10,15-16,21-27,54-56H2,1-2H3,(H,58,73)(H,59,70)(H,60,72)(H,61,71)(H,62,75)(H,63,74)(H,66,67)(H,68,69)/t35-,37-,38-,39-,40-,41-,42-,45-/m0/s1. The fraction of sp³-hybridized carbons (Fsp3) is 0.434. The minimum Gasteiger partial charge on any atom is -0.508 e. The second-order valence-electron chi connectivity index (χ2n) is 19.2. The molecule has 16 N–H and O–H groups in total. The molecule has 77 heavy (non-hydrogen) atoms. The summed E-state index contributed by atoms with van der Waals surface area (Å²) in [6.07, 6.45) is -0.938. The molecule has 0 aliphatic carbocycles. The fourth-order valence-corrected chi connectivity index (χ4v) is 8.84. The minimum absolute atomic E-state index is 0.0348. The van der Waals surface area contributed by atoms with Gasteiger partial charge in [-0.2, -0.15) is 0 Å². The lowest BCUT2D eigenvalue weighted by Crippen LogP contribution is -2.64. The third kappa shape index (κ3) is 17.1. The number of nitrogens with zero attached hydrogens (tertiary/aromatic N) is 1. The van der Waals surface area contributed by atoms with Crippen LogP contribution in [0.2, 0.25) is 0 Å². The van der Waals surface area contributed by atoms with Gasteiger partial charge >= 0.3 is 11.9 Å². The molecule has 0 bridgehead atoms. The molecule has 8 amide bonds. The number of carboxylic acid groups (broad SMARTS) is 2. The number of hydrogen-bond acceptors (Lipinski definition) is 14. The first kappa shape index (κ1) is 59.7. The number of para-hydroxylation sites is 1. The number of aromatic nitrogens is 1. The van der Waals surface area contributed by atoms with Crippen molar-refractivity contribution in [3.63, 3.8) is 0 Å². The zero-order chi connectivity index (χ0) is 56.3. The molecule has 414 valence electrons. The number of aromatic hydroxyl groups is 1. The van der Waals surface area contributed by atoms with Crippen LogP contribution < -0.4 is 49.1 Å². The Balaban J connectivity index is 1.73. The van der Waals surface area contributed by atoms with E-state index < -0.39 is 126 Å². The number of carbonyl (C=O) groups is 10. The highest BCUT2D eigenvalue weighted by Gasteiger charge is 2.44. The van der Waals surface area contributed by atoms with Crippen molar-refractivity contribution in [1.82, 2.24) is 41.8 Å². The molecule has 0 spiro atoms. The molecule has 4 aromatic rings. The van der Waals surface area contributed by atoms with E-state index in [1.165, 1.54) is 38.1 Å². The lowest BCUT2D eigenvalue weighted by Gasteiger charge is -2.36. The van der Waals surface area contributed by atoms with Crippen molar-refractivity contribution < 1.29 is 63.3 Å². The first-order valence-corrected chi connectivity index (χ1v) is 25.4. The molecule has 2 heterocycles. The average molecular weight is 1070 g/mol. The Kier molecular flexibility index (Phi) is 22.2. The zero-order valence-electron chi connectivity index (χ0n) is 42.9. The molecular formula is C53H69N11O13. The number of aromatic amines is 1. The number of phenolic OH excluding ortho intramolecular Hbond substituents is 1. The number of rotatable bonds is 19. The molecule has 0 saturated carbocycles. The molecule has 1 saturated heterocycles. The van der Waals surface area contributed by atoms with E-state index in [-0.39, 0.29) is 63.8 Å². The molecule has 0 radical (unpaired) electrons. The summed E-state index contributed by atoms with van der Waals surface area (Å²) >= 11 is 0. The van der Waals surface area contributed by atoms with Gasteiger partial charge in [-0.3, -0.25) is 52.8 Å². The molecule has 1 aliphatic heterocycles. The molecule has 1 fully saturated rings. The molecule has 8 atom stereocenters. The van der Waals surface area contributed by atoms with Crippen LogP contribution in [0.1, 0.15) is 75.5 Å². The maximum atomic E-state index is 15.1. The molecule has 1 aliphatic rings. The van der Waals surface area contributed by atoms with Crippen LogP contribution in [-0.2, 0) is 67.2 Å². The van der Waals surface area contributed by atoms with Crippen LogP contribution in [0.5, 0.6) is 5.75 Å². The Morgan fingerprint density at radius 2 is 1.10 bits per heavy atom. The predicted molar refractivity (Wildman–Crippen MR) is 280 cm³/mol. The highest BCUT2D eigenvalue weighted by molar-refractivity contribution is 6.07. The SMILES string of the molecule is CC(C)[C@@H]1NC(=O)[C@H](CC(=O)O)NC(=O)[C@H](Cc2ccc(O)cc2)NC(=O)[C@H](CCCCN)NC(=O)[C@H](Cc2c[nH]c3ccccc23)NC(=O)[C@H](Cc2ccccc2)NC(=O)[C@H](CCCN)N(C(=O)[C@@H](N)CC(=O)O)C1=O. The number of H-pyrrole nitrogens is 1. The molecular weight excluding hydrogens is 999 g/mol. The summed E-state index contributed by atoms with van der Waals surface area (Å²) in [6, 6.07) is 7.43. The summed E-state index contributed by atoms with van der Waals surface area (Å²) in [6.45, 7) is 3.00. The van der Waals surface area contributed by atoms with Gasteiger partial charge in [-0.05, 0) is 86.0 Å². The average Bonchev–Trinajstić information content (AvgIpc) is 3.80. The van der Waals surface area contributed by atoms with Crippen LogP contribution in [0.15, 0.2) is 85.1 Å². The number of carbonyl (C=O) groups excluding carboxylic acids is 8. The Morgan fingerprint density at radius 1 is 0.584 bits per heavy atom. The number of benzene rings is 3. The van der Waals surface area contributed by atoms with Crippen LogP contribution in [-0.4, -0.2) is 146 Å². The quantitative estimate of drug-likeness (QED) is 0.0519. The summed E-state index contributed by atoms with van der Waals surface area (Å²) in [5.74, 6) is -13.1. The van der Waals surface area contributed by atoms with Gasteiger partial charge in [0.15, 0.2) is 0 Å². The van der Waals surface area contributed by atoms with E-state index in [0.717, 1.165) is 0 Å². The van der Waals surface area contributed by atoms with Crippen LogP contribution in [0, 0.1) is 5.92 Å². The maximum absolute atomic E-state index is 15.1. The smallest absolute Gasteiger partial charge is 0.305 e. The summed E-state index contributed by atoms with van der Waals surface area (Å²) < 4.78 is 0. The lowest BCUT2D eigenvalue weighted by atomic mass is 9.97. The van der Waals surface area contributed by atoms with E-state index in [9.17, 15) is 58.5 Å². The monoisotopic (exact) mass is 1070 g/mol. The predicted octanol–water partition coefficient (Wildman–Crippen LogP) is -0.652. The second-order valence-corrected chi connectivity index (χ2v) is 19.2. The Bertz CT molecular complexity index is 2740. The molecule has 3 aromatic carbocycles. The van der Waals surface area contributed by atoms with Crippen molar-refractivity contribution in [2.75, 3.05) is 13.1 Å². The van der Waals surface area contributed by atoms with Crippen molar-refractivity contribution in [1.29, 1.82) is 0 Å². The van der Waals surface area contributed by atoms with Gasteiger partial charge in [-0.15, -0.1) is 0 Å². The number of nitrogens with one attached hydrogen (secondary N) is 7. The van der Waals surface area contributed by atoms with E-state index in [2.05, 4.69) is 36.9 Å². The van der Waals surface area contributed by atoms with E-state index in [1.54, 1.807) is 60.8 Å². The summed E-state index contributed by atoms with van der Waals surface area (Å²) in [5.41, 5.74) is 20.0. The van der Waals surface area contributed by atoms with Crippen LogP contribution >= 0.6 is 0 Å². The van der Waals surface area contributed by atoms with Gasteiger partial charge in [-0.1, -0.05) is 74.5 Å². The maximum Gasteiger partial charge on any atom is 0.305 e. The van der Waals surface area contributed by atoms with Crippen molar-refractivity contribution in [3.05, 3.63) is 102 Å². The van der Waals surface area contributed by atoms with Gasteiger partial charge in [0, 0.05) is 36.4 Å². The summed E-state index contributed by atoms with van der Waals surface area (Å²) in [5, 5.41) is 46.1. The van der Waals surface area contributed by atoms with Gasteiger partial charge in [0.2, 0.25) is 41.4 Å². The lowest BCUT2D eigenvalue weighted by molar-refractivity contribution is -0.157. The van der Waals surface area contributed by atoms with E-state index in [1.807, 2.05) is 0 Å². The summed E-state index contributed by atoms with van der Waals surface area (Å²) in [7, 11) is 0. The number of amides is 8. The number of aliphatic carboxylic acids is 2. The van der Waals surface area contributed by atoms with Gasteiger partial charge in [0.1, 0.15) is 48.0 Å². The number of phenols is 1. The van der Waals surface area contributed by atoms with Gasteiger partial charge in [0.05, 0.1) is 18.9 Å². The largest absolute Gasteiger partial charge is 0.508 e. The van der Waals surface area contributed by atoms with Crippen LogP contribution in [0.4, 0.5) is 0 Å². The first-order valence-electron chi connectivity index (χ1n) is 25.4. The molecule has 24 heteroatoms. The zero-order valence-corrected chi connectivity index (χ0v) is 42.9. The number of hydrogen-bond donors (Lipinski definition) is 13. The fourth-order valence-electron chi connectivity index (χ4n) is 8.84. The number of unbranched alkanes of at least 4 members (excludes halogenated alkanes) is 1. The van der Waals surface area contributed by atoms with E-state index in [0.29, 0.717) is 38.9 Å². The third-order valence-corrected chi connectivity index (χ3v) is 13.0. The van der Waals surface area contributed by atoms with Gasteiger partial charge < -0.3 is 69.4 Å². The van der Waals surface area contributed by atoms with Crippen LogP contribution in [0.25, 0.3) is 10.9 Å². The normalized spacial score (nSPS) is 21.9. The third-order valence-electron chi connectivity index (χ3n) is 13.0. The Morgan fingerprint density at radius 3 is 1.69 bits per heavy atom. The molecule has 0 unspecified atom stereocenters. The Labute approximate surface area is 444 Å². The highest BCUT2D eigenvalue weighted by atomic mass is 16.4. The van der Waals surface area contributed by atoms with Crippen molar-refractivity contribution in [2.24, 2.45) is 23.1 Å². The van der Waals surface area contributed by atoms with Crippen molar-refractivity contribution in [2.45, 2.75) is 126 Å². The second kappa shape index (κ2) is 28.6. The van der Waals surface area contributed by atoms with Gasteiger partial charge in [0.25, 0.3) is 5.91 Å². The van der Waals surface area contributed by atoms with Crippen LogP contribution in [0.3, 0.4) is 0 Å². The Hall–Kier alpha value is -8.22. The van der Waals surface area contributed by atoms with Crippen molar-refractivity contribution in [3.8, 4) is 5.75 Å². The molecule has 1 aromatic heterocycles. The van der Waals surface area contributed by atoms with Crippen molar-refractivity contribution >= 4 is 70.1 Å². The highest BCUT2D eigenvalue weighted by Crippen LogP contribution is 2.22. The number of imide groups is 1. The number of fused-ring (bicyclic) bond motifs is 1. The molecule has 24 nitrogen and oxygen atoms in total.